The highest BCUT2D eigenvalue weighted by atomic mass is 16.5. The Morgan fingerprint density at radius 3 is 2.20 bits per heavy atom. The molecule has 20 heavy (non-hydrogen) atoms. The normalized spacial score (nSPS) is 20.1. The van der Waals surface area contributed by atoms with Crippen molar-refractivity contribution in [2.24, 2.45) is 0 Å². The molecule has 0 bridgehead atoms. The van der Waals surface area contributed by atoms with Crippen molar-refractivity contribution in [2.45, 2.75) is 57.2 Å². The van der Waals surface area contributed by atoms with Gasteiger partial charge in [-0.05, 0) is 37.5 Å². The first-order valence-corrected chi connectivity index (χ1v) is 7.68. The second kappa shape index (κ2) is 7.09. The lowest BCUT2D eigenvalue weighted by Gasteiger charge is -2.36. The van der Waals surface area contributed by atoms with Crippen LogP contribution in [0.5, 0.6) is 5.75 Å². The molecule has 0 spiro atoms. The Labute approximate surface area is 121 Å². The molecule has 0 aliphatic heterocycles. The lowest BCUT2D eigenvalue weighted by Crippen LogP contribution is -2.38. The molecule has 1 aliphatic rings. The molecule has 1 unspecified atom stereocenters. The second-order valence-electron chi connectivity index (χ2n) is 5.59. The molecule has 2 rings (SSSR count). The van der Waals surface area contributed by atoms with Gasteiger partial charge in [0.1, 0.15) is 11.9 Å². The van der Waals surface area contributed by atoms with Gasteiger partial charge >= 0.3 is 0 Å². The maximum atomic E-state index is 10.8. The molecule has 3 nitrogen and oxygen atoms in total. The van der Waals surface area contributed by atoms with Crippen LogP contribution in [-0.4, -0.2) is 24.4 Å². The van der Waals surface area contributed by atoms with Crippen LogP contribution in [0.15, 0.2) is 24.3 Å². The summed E-state index contributed by atoms with van der Waals surface area (Å²) >= 11 is 0. The number of aliphatic hydroxyl groups excluding tert-OH is 1. The van der Waals surface area contributed by atoms with Gasteiger partial charge in [-0.3, -0.25) is 0 Å². The van der Waals surface area contributed by atoms with Crippen molar-refractivity contribution in [1.82, 2.24) is 0 Å². The van der Waals surface area contributed by atoms with E-state index in [1.54, 1.807) is 7.11 Å². The molecule has 0 amide bonds. The van der Waals surface area contributed by atoms with E-state index in [0.29, 0.717) is 6.61 Å². The van der Waals surface area contributed by atoms with E-state index in [1.807, 2.05) is 31.2 Å². The third-order valence-electron chi connectivity index (χ3n) is 4.36. The number of benzene rings is 1. The van der Waals surface area contributed by atoms with Gasteiger partial charge in [-0.25, -0.2) is 0 Å². The van der Waals surface area contributed by atoms with Gasteiger partial charge in [0.15, 0.2) is 0 Å². The summed E-state index contributed by atoms with van der Waals surface area (Å²) in [4.78, 5) is 0. The molecule has 1 atom stereocenters. The first-order valence-electron chi connectivity index (χ1n) is 7.68. The topological polar surface area (TPSA) is 38.7 Å². The van der Waals surface area contributed by atoms with Crippen molar-refractivity contribution in [3.8, 4) is 5.75 Å². The number of methoxy groups -OCH3 is 1. The predicted octanol–water partition coefficient (Wildman–Crippen LogP) is 3.86. The van der Waals surface area contributed by atoms with Gasteiger partial charge in [0.25, 0.3) is 0 Å². The molecular formula is C17H26O3. The molecule has 1 aromatic rings. The third-order valence-corrected chi connectivity index (χ3v) is 4.36. The Balaban J connectivity index is 2.16. The summed E-state index contributed by atoms with van der Waals surface area (Å²) in [6.45, 7) is 2.62. The maximum Gasteiger partial charge on any atom is 0.119 e. The van der Waals surface area contributed by atoms with E-state index in [2.05, 4.69) is 0 Å². The minimum Gasteiger partial charge on any atom is -0.494 e. The monoisotopic (exact) mass is 278 g/mol. The average Bonchev–Trinajstić information content (AvgIpc) is 2.74. The highest BCUT2D eigenvalue weighted by molar-refractivity contribution is 5.30. The van der Waals surface area contributed by atoms with Crippen molar-refractivity contribution in [3.05, 3.63) is 29.8 Å². The summed E-state index contributed by atoms with van der Waals surface area (Å²) < 4.78 is 11.2. The quantitative estimate of drug-likeness (QED) is 0.831. The van der Waals surface area contributed by atoms with Crippen LogP contribution in [0.4, 0.5) is 0 Å². The van der Waals surface area contributed by atoms with Crippen LogP contribution < -0.4 is 4.74 Å². The van der Waals surface area contributed by atoms with Crippen LogP contribution in [0.25, 0.3) is 0 Å². The predicted molar refractivity (Wildman–Crippen MR) is 80.0 cm³/mol. The van der Waals surface area contributed by atoms with Gasteiger partial charge < -0.3 is 14.6 Å². The lowest BCUT2D eigenvalue weighted by atomic mass is 9.84. The zero-order valence-corrected chi connectivity index (χ0v) is 12.6. The van der Waals surface area contributed by atoms with Gasteiger partial charge in [-0.1, -0.05) is 37.8 Å². The van der Waals surface area contributed by atoms with Crippen LogP contribution in [-0.2, 0) is 4.74 Å². The Morgan fingerprint density at radius 1 is 1.10 bits per heavy atom. The Hall–Kier alpha value is -1.06. The Kier molecular flexibility index (Phi) is 5.44. The van der Waals surface area contributed by atoms with E-state index in [4.69, 9.17) is 9.47 Å². The minimum absolute atomic E-state index is 0.427. The van der Waals surface area contributed by atoms with Gasteiger partial charge in [0, 0.05) is 7.11 Å². The third kappa shape index (κ3) is 3.33. The molecule has 0 aromatic heterocycles. The molecule has 0 heterocycles. The summed E-state index contributed by atoms with van der Waals surface area (Å²) in [5.74, 6) is 0.843. The Bertz CT molecular complexity index is 391. The fraction of sp³-hybridized carbons (Fsp3) is 0.647. The molecule has 1 aromatic carbocycles. The van der Waals surface area contributed by atoms with Crippen molar-refractivity contribution >= 4 is 0 Å². The van der Waals surface area contributed by atoms with E-state index in [0.717, 1.165) is 37.0 Å². The van der Waals surface area contributed by atoms with Crippen LogP contribution in [0.1, 0.15) is 57.1 Å². The minimum atomic E-state index is -0.568. The number of hydrogen-bond donors (Lipinski definition) is 1. The van der Waals surface area contributed by atoms with Crippen LogP contribution in [0, 0.1) is 0 Å². The van der Waals surface area contributed by atoms with Crippen molar-refractivity contribution in [2.75, 3.05) is 13.7 Å². The molecule has 0 saturated heterocycles. The van der Waals surface area contributed by atoms with Gasteiger partial charge in [-0.2, -0.15) is 0 Å². The molecule has 112 valence electrons. The SMILES string of the molecule is CCOc1ccc(C(O)C2(OC)CCCCCC2)cc1. The molecule has 1 fully saturated rings. The largest absolute Gasteiger partial charge is 0.494 e. The number of ether oxygens (including phenoxy) is 2. The van der Waals surface area contributed by atoms with E-state index in [-0.39, 0.29) is 0 Å². The first-order chi connectivity index (χ1) is 9.72. The lowest BCUT2D eigenvalue weighted by molar-refractivity contribution is -0.114. The van der Waals surface area contributed by atoms with Gasteiger partial charge in [0.05, 0.1) is 12.2 Å². The number of hydrogen-bond acceptors (Lipinski definition) is 3. The second-order valence-corrected chi connectivity index (χ2v) is 5.59. The highest BCUT2D eigenvalue weighted by Gasteiger charge is 2.39. The molecular weight excluding hydrogens is 252 g/mol. The van der Waals surface area contributed by atoms with Crippen molar-refractivity contribution < 1.29 is 14.6 Å². The molecule has 1 saturated carbocycles. The van der Waals surface area contributed by atoms with E-state index in [9.17, 15) is 5.11 Å². The van der Waals surface area contributed by atoms with Crippen LogP contribution >= 0.6 is 0 Å². The van der Waals surface area contributed by atoms with Crippen LogP contribution in [0.3, 0.4) is 0 Å². The molecule has 1 aliphatic carbocycles. The van der Waals surface area contributed by atoms with Gasteiger partial charge in [0.2, 0.25) is 0 Å². The average molecular weight is 278 g/mol. The van der Waals surface area contributed by atoms with E-state index in [1.165, 1.54) is 12.8 Å². The maximum absolute atomic E-state index is 10.8. The summed E-state index contributed by atoms with van der Waals surface area (Å²) in [7, 11) is 1.73. The zero-order chi connectivity index (χ0) is 14.4. The summed E-state index contributed by atoms with van der Waals surface area (Å²) in [6.07, 6.45) is 6.02. The smallest absolute Gasteiger partial charge is 0.119 e. The molecule has 1 N–H and O–H groups in total. The summed E-state index contributed by atoms with van der Waals surface area (Å²) in [6, 6.07) is 7.73. The first kappa shape index (κ1) is 15.3. The summed E-state index contributed by atoms with van der Waals surface area (Å²) in [5.41, 5.74) is 0.487. The zero-order valence-electron chi connectivity index (χ0n) is 12.6. The van der Waals surface area contributed by atoms with Crippen molar-refractivity contribution in [1.29, 1.82) is 0 Å². The fourth-order valence-electron chi connectivity index (χ4n) is 3.13. The fourth-order valence-corrected chi connectivity index (χ4v) is 3.13. The van der Waals surface area contributed by atoms with Crippen LogP contribution in [0.2, 0.25) is 0 Å². The summed E-state index contributed by atoms with van der Waals surface area (Å²) in [5, 5.41) is 10.8. The van der Waals surface area contributed by atoms with Gasteiger partial charge in [-0.15, -0.1) is 0 Å². The Morgan fingerprint density at radius 2 is 1.70 bits per heavy atom. The standard InChI is InChI=1S/C17H26O3/c1-3-20-15-10-8-14(9-11-15)16(18)17(19-2)12-6-4-5-7-13-17/h8-11,16,18H,3-7,12-13H2,1-2H3. The number of rotatable bonds is 5. The van der Waals surface area contributed by atoms with Crippen molar-refractivity contribution in [3.63, 3.8) is 0 Å². The van der Waals surface area contributed by atoms with E-state index < -0.39 is 11.7 Å². The van der Waals surface area contributed by atoms with E-state index >= 15 is 0 Å². The number of aliphatic hydroxyl groups is 1. The highest BCUT2D eigenvalue weighted by Crippen LogP contribution is 2.40. The molecule has 0 radical (unpaired) electrons. The molecule has 3 heteroatoms.